The van der Waals surface area contributed by atoms with Crippen LogP contribution in [0.3, 0.4) is 0 Å². The Morgan fingerprint density at radius 3 is 2.88 bits per heavy atom. The highest BCUT2D eigenvalue weighted by Crippen LogP contribution is 2.25. The van der Waals surface area contributed by atoms with Crippen LogP contribution in [-0.2, 0) is 0 Å². The monoisotopic (exact) mass is 325 g/mol. The van der Waals surface area contributed by atoms with Crippen molar-refractivity contribution in [2.75, 3.05) is 11.9 Å². The van der Waals surface area contributed by atoms with Crippen LogP contribution in [0.5, 0.6) is 0 Å². The minimum absolute atomic E-state index is 0.273. The fraction of sp³-hybridized carbons (Fsp3) is 0.444. The minimum Gasteiger partial charge on any atom is -0.338 e. The molecule has 6 heteroatoms. The number of hydrogen-bond acceptors (Lipinski definition) is 4. The van der Waals surface area contributed by atoms with E-state index in [1.54, 1.807) is 12.3 Å². The molecule has 2 aromatic rings. The Hall–Kier alpha value is -2.50. The van der Waals surface area contributed by atoms with Gasteiger partial charge >= 0.3 is 6.03 Å². The van der Waals surface area contributed by atoms with Crippen LogP contribution in [0.25, 0.3) is 17.2 Å². The van der Waals surface area contributed by atoms with E-state index in [0.717, 1.165) is 5.69 Å². The average Bonchev–Trinajstić information content (AvgIpc) is 2.60. The molecule has 1 aliphatic carbocycles. The van der Waals surface area contributed by atoms with Gasteiger partial charge in [0.1, 0.15) is 11.3 Å². The highest BCUT2D eigenvalue weighted by molar-refractivity contribution is 5.89. The van der Waals surface area contributed by atoms with Crippen LogP contribution < -0.4 is 10.6 Å². The molecule has 126 valence electrons. The molecule has 3 rings (SSSR count). The number of anilines is 1. The van der Waals surface area contributed by atoms with Crippen molar-refractivity contribution in [3.63, 3.8) is 0 Å². The summed E-state index contributed by atoms with van der Waals surface area (Å²) in [5.41, 5.74) is 2.05. The van der Waals surface area contributed by atoms with Crippen LogP contribution in [0.2, 0.25) is 0 Å². The van der Waals surface area contributed by atoms with E-state index in [1.165, 1.54) is 32.1 Å². The van der Waals surface area contributed by atoms with Gasteiger partial charge in [-0.25, -0.2) is 14.8 Å². The van der Waals surface area contributed by atoms with Gasteiger partial charge in [0.2, 0.25) is 0 Å². The quantitative estimate of drug-likeness (QED) is 0.897. The lowest BCUT2D eigenvalue weighted by Crippen LogP contribution is -2.28. The average molecular weight is 325 g/mol. The molecular weight excluding hydrogens is 302 g/mol. The second-order valence-corrected chi connectivity index (χ2v) is 6.08. The Kier molecular flexibility index (Phi) is 5.36. The van der Waals surface area contributed by atoms with E-state index in [-0.39, 0.29) is 6.03 Å². The second-order valence-electron chi connectivity index (χ2n) is 6.08. The molecule has 0 aromatic carbocycles. The number of nitrogens with one attached hydrogen (secondary N) is 2. The van der Waals surface area contributed by atoms with Gasteiger partial charge in [0.05, 0.1) is 11.9 Å². The summed E-state index contributed by atoms with van der Waals surface area (Å²) in [6.45, 7) is 2.43. The van der Waals surface area contributed by atoms with Crippen molar-refractivity contribution in [2.45, 2.75) is 39.0 Å². The first-order chi connectivity index (χ1) is 11.7. The Morgan fingerprint density at radius 1 is 1.25 bits per heavy atom. The number of fused-ring (bicyclic) bond motifs is 1. The molecular formula is C18H23N5O. The van der Waals surface area contributed by atoms with Crippen molar-refractivity contribution in [3.05, 3.63) is 30.1 Å². The standard InChI is InChI=1S/C18H23N5O/c1-2-19-18(24)23-16-11-10-15-17(22-16)21-14(12-20-15)9-8-13-6-4-3-5-7-13/h8-13H,2-7H2,1H3,(H2,19,21,22,23,24). The maximum Gasteiger partial charge on any atom is 0.320 e. The van der Waals surface area contributed by atoms with Gasteiger partial charge in [0.25, 0.3) is 0 Å². The van der Waals surface area contributed by atoms with Gasteiger partial charge in [-0.2, -0.15) is 0 Å². The second kappa shape index (κ2) is 7.86. The number of amides is 2. The summed E-state index contributed by atoms with van der Waals surface area (Å²) in [4.78, 5) is 24.9. The summed E-state index contributed by atoms with van der Waals surface area (Å²) in [5, 5.41) is 5.36. The van der Waals surface area contributed by atoms with Gasteiger partial charge in [-0.1, -0.05) is 25.3 Å². The molecule has 2 N–H and O–H groups in total. The molecule has 1 aliphatic rings. The number of urea groups is 1. The minimum atomic E-state index is -0.273. The largest absolute Gasteiger partial charge is 0.338 e. The number of allylic oxidation sites excluding steroid dienone is 1. The summed E-state index contributed by atoms with van der Waals surface area (Å²) >= 11 is 0. The number of pyridine rings is 1. The molecule has 6 nitrogen and oxygen atoms in total. The smallest absolute Gasteiger partial charge is 0.320 e. The van der Waals surface area contributed by atoms with Crippen molar-refractivity contribution < 1.29 is 4.79 Å². The fourth-order valence-electron chi connectivity index (χ4n) is 2.94. The predicted molar refractivity (Wildman–Crippen MR) is 95.6 cm³/mol. The molecule has 24 heavy (non-hydrogen) atoms. The Bertz CT molecular complexity index is 737. The molecule has 0 unspecified atom stereocenters. The molecule has 2 heterocycles. The number of hydrogen-bond donors (Lipinski definition) is 2. The van der Waals surface area contributed by atoms with E-state index < -0.39 is 0 Å². The molecule has 0 radical (unpaired) electrons. The Labute approximate surface area is 141 Å². The van der Waals surface area contributed by atoms with Gasteiger partial charge in [0, 0.05) is 6.54 Å². The first-order valence-electron chi connectivity index (χ1n) is 8.61. The molecule has 1 fully saturated rings. The lowest BCUT2D eigenvalue weighted by molar-refractivity contribution is 0.252. The number of rotatable bonds is 4. The third-order valence-corrected chi connectivity index (χ3v) is 4.19. The van der Waals surface area contributed by atoms with E-state index in [2.05, 4.69) is 31.7 Å². The lowest BCUT2D eigenvalue weighted by Gasteiger charge is -2.17. The summed E-state index contributed by atoms with van der Waals surface area (Å²) in [6, 6.07) is 3.26. The van der Waals surface area contributed by atoms with Crippen LogP contribution in [0.4, 0.5) is 10.6 Å². The third-order valence-electron chi connectivity index (χ3n) is 4.19. The molecule has 0 saturated heterocycles. The van der Waals surface area contributed by atoms with Crippen molar-refractivity contribution in [2.24, 2.45) is 5.92 Å². The molecule has 0 atom stereocenters. The fourth-order valence-corrected chi connectivity index (χ4v) is 2.94. The van der Waals surface area contributed by atoms with Gasteiger partial charge < -0.3 is 5.32 Å². The van der Waals surface area contributed by atoms with Crippen molar-refractivity contribution in [3.8, 4) is 0 Å². The van der Waals surface area contributed by atoms with Crippen LogP contribution in [0, 0.1) is 5.92 Å². The number of nitrogens with zero attached hydrogens (tertiary/aromatic N) is 3. The zero-order valence-electron chi connectivity index (χ0n) is 14.0. The van der Waals surface area contributed by atoms with Crippen LogP contribution in [-0.4, -0.2) is 27.5 Å². The SMILES string of the molecule is CCNC(=O)Nc1ccc2ncc(C=CC3CCCCC3)nc2n1. The molecule has 0 bridgehead atoms. The first-order valence-corrected chi connectivity index (χ1v) is 8.61. The van der Waals surface area contributed by atoms with E-state index in [1.807, 2.05) is 19.1 Å². The predicted octanol–water partition coefficient (Wildman–Crippen LogP) is 3.76. The molecule has 1 saturated carbocycles. The molecule has 0 aliphatic heterocycles. The van der Waals surface area contributed by atoms with Gasteiger partial charge in [-0.15, -0.1) is 0 Å². The summed E-state index contributed by atoms with van der Waals surface area (Å²) in [6.07, 6.45) is 12.5. The van der Waals surface area contributed by atoms with Crippen LogP contribution in [0.15, 0.2) is 24.4 Å². The zero-order valence-corrected chi connectivity index (χ0v) is 14.0. The lowest BCUT2D eigenvalue weighted by atomic mass is 9.89. The molecule has 2 aromatic heterocycles. The first kappa shape index (κ1) is 16.4. The van der Waals surface area contributed by atoms with Crippen molar-refractivity contribution in [1.82, 2.24) is 20.3 Å². The van der Waals surface area contributed by atoms with Gasteiger partial charge in [-0.05, 0) is 43.9 Å². The zero-order chi connectivity index (χ0) is 16.8. The maximum absolute atomic E-state index is 11.6. The maximum atomic E-state index is 11.6. The van der Waals surface area contributed by atoms with Crippen molar-refractivity contribution >= 4 is 29.1 Å². The van der Waals surface area contributed by atoms with E-state index >= 15 is 0 Å². The summed E-state index contributed by atoms with van der Waals surface area (Å²) in [7, 11) is 0. The van der Waals surface area contributed by atoms with Gasteiger partial charge in [-0.3, -0.25) is 10.3 Å². The highest BCUT2D eigenvalue weighted by Gasteiger charge is 2.10. The highest BCUT2D eigenvalue weighted by atomic mass is 16.2. The van der Waals surface area contributed by atoms with Gasteiger partial charge in [0.15, 0.2) is 5.65 Å². The van der Waals surface area contributed by atoms with Crippen molar-refractivity contribution in [1.29, 1.82) is 0 Å². The number of aromatic nitrogens is 3. The van der Waals surface area contributed by atoms with E-state index in [9.17, 15) is 4.79 Å². The number of carbonyl (C=O) groups excluding carboxylic acids is 1. The van der Waals surface area contributed by atoms with Crippen LogP contribution >= 0.6 is 0 Å². The number of carbonyl (C=O) groups is 1. The normalized spacial score (nSPS) is 15.7. The molecule has 2 amide bonds. The topological polar surface area (TPSA) is 79.8 Å². The molecule has 0 spiro atoms. The van der Waals surface area contributed by atoms with Crippen LogP contribution in [0.1, 0.15) is 44.7 Å². The van der Waals surface area contributed by atoms with E-state index in [0.29, 0.717) is 29.4 Å². The summed E-state index contributed by atoms with van der Waals surface area (Å²) < 4.78 is 0. The van der Waals surface area contributed by atoms with E-state index in [4.69, 9.17) is 0 Å². The third kappa shape index (κ3) is 4.28. The summed E-state index contributed by atoms with van der Waals surface area (Å²) in [5.74, 6) is 1.12. The Morgan fingerprint density at radius 2 is 2.08 bits per heavy atom. The Balaban J connectivity index is 1.75.